The Morgan fingerprint density at radius 3 is 2.72 bits per heavy atom. The predicted octanol–water partition coefficient (Wildman–Crippen LogP) is 4.78. The Bertz CT molecular complexity index is 881. The Morgan fingerprint density at radius 2 is 1.94 bits per heavy atom. The second-order valence-corrected chi connectivity index (χ2v) is 11.0. The monoisotopic (exact) mass is 439 g/mol. The van der Waals surface area contributed by atoms with E-state index in [1.807, 2.05) is 32.0 Å². The second kappa shape index (κ2) is 8.27. The second-order valence-electron chi connectivity index (χ2n) is 11.0. The van der Waals surface area contributed by atoms with Gasteiger partial charge in [-0.25, -0.2) is 0 Å². The summed E-state index contributed by atoms with van der Waals surface area (Å²) in [7, 11) is 0. The highest BCUT2D eigenvalue weighted by atomic mass is 16.7. The van der Waals surface area contributed by atoms with Crippen LogP contribution in [0, 0.1) is 23.2 Å². The van der Waals surface area contributed by atoms with Crippen LogP contribution in [0.1, 0.15) is 65.0 Å². The highest BCUT2D eigenvalue weighted by molar-refractivity contribution is 5.76. The molecule has 5 heteroatoms. The molecule has 0 amide bonds. The molecule has 5 rings (SSSR count). The van der Waals surface area contributed by atoms with Crippen molar-refractivity contribution in [2.75, 3.05) is 13.2 Å². The number of fused-ring (bicyclic) bond motifs is 2. The van der Waals surface area contributed by atoms with E-state index in [1.165, 1.54) is 19.3 Å². The summed E-state index contributed by atoms with van der Waals surface area (Å²) in [5.74, 6) is -0.0867. The fraction of sp³-hybridized carbons (Fsp3) is 0.667. The Hall–Kier alpha value is -1.69. The number of rotatable bonds is 4. The highest BCUT2D eigenvalue weighted by Gasteiger charge is 2.52. The van der Waals surface area contributed by atoms with Crippen molar-refractivity contribution in [1.29, 1.82) is 0 Å². The first-order valence-electron chi connectivity index (χ1n) is 12.3. The van der Waals surface area contributed by atoms with Crippen molar-refractivity contribution in [3.05, 3.63) is 47.5 Å². The van der Waals surface area contributed by atoms with Gasteiger partial charge in [-0.3, -0.25) is 4.79 Å². The van der Waals surface area contributed by atoms with Gasteiger partial charge < -0.3 is 19.5 Å². The molecule has 2 aliphatic carbocycles. The van der Waals surface area contributed by atoms with Crippen LogP contribution in [0.5, 0.6) is 0 Å². The van der Waals surface area contributed by atoms with Gasteiger partial charge in [0.25, 0.3) is 0 Å². The quantitative estimate of drug-likeness (QED) is 0.540. The minimum atomic E-state index is -0.633. The van der Waals surface area contributed by atoms with E-state index in [4.69, 9.17) is 14.2 Å². The molecule has 1 N–H and O–H groups in total. The number of allylic oxidation sites excluding steroid dienone is 1. The number of carbonyl (C=O) groups excluding carboxylic acids is 1. The molecule has 2 saturated heterocycles. The van der Waals surface area contributed by atoms with Gasteiger partial charge >= 0.3 is 5.97 Å². The number of esters is 1. The van der Waals surface area contributed by atoms with Gasteiger partial charge in [0.05, 0.1) is 18.6 Å². The van der Waals surface area contributed by atoms with Crippen molar-refractivity contribution in [1.82, 2.24) is 5.32 Å². The summed E-state index contributed by atoms with van der Waals surface area (Å²) in [6.45, 7) is 9.74. The first-order chi connectivity index (χ1) is 15.3. The maximum atomic E-state index is 12.9. The van der Waals surface area contributed by atoms with Crippen LogP contribution in [0.4, 0.5) is 0 Å². The van der Waals surface area contributed by atoms with Gasteiger partial charge in [-0.15, -0.1) is 0 Å². The molecule has 2 heterocycles. The normalized spacial score (nSPS) is 40.8. The topological polar surface area (TPSA) is 56.8 Å². The van der Waals surface area contributed by atoms with Gasteiger partial charge in [0.1, 0.15) is 12.2 Å². The van der Waals surface area contributed by atoms with Crippen LogP contribution >= 0.6 is 0 Å². The molecule has 1 saturated carbocycles. The van der Waals surface area contributed by atoms with Crippen LogP contribution in [-0.4, -0.2) is 37.1 Å². The van der Waals surface area contributed by atoms with Gasteiger partial charge in [0, 0.05) is 12.5 Å². The largest absolute Gasteiger partial charge is 0.461 e. The molecule has 1 aromatic rings. The third kappa shape index (κ3) is 4.04. The first-order valence-corrected chi connectivity index (χ1v) is 12.3. The number of benzene rings is 1. The molecule has 7 atom stereocenters. The van der Waals surface area contributed by atoms with E-state index >= 15 is 0 Å². The maximum absolute atomic E-state index is 12.9. The minimum absolute atomic E-state index is 0.0102. The van der Waals surface area contributed by atoms with Crippen LogP contribution < -0.4 is 5.32 Å². The summed E-state index contributed by atoms with van der Waals surface area (Å²) in [6, 6.07) is 10.3. The molecule has 4 aliphatic rings. The summed E-state index contributed by atoms with van der Waals surface area (Å²) in [5.41, 5.74) is 2.87. The van der Waals surface area contributed by atoms with Gasteiger partial charge in [0.2, 0.25) is 0 Å². The van der Waals surface area contributed by atoms with Crippen LogP contribution in [0.2, 0.25) is 0 Å². The van der Waals surface area contributed by atoms with Crippen molar-refractivity contribution in [2.24, 2.45) is 23.2 Å². The Labute approximate surface area is 191 Å². The molecule has 32 heavy (non-hydrogen) atoms. The van der Waals surface area contributed by atoms with Crippen LogP contribution in [0.3, 0.4) is 0 Å². The van der Waals surface area contributed by atoms with Gasteiger partial charge in [0.15, 0.2) is 5.79 Å². The van der Waals surface area contributed by atoms with Gasteiger partial charge in [-0.2, -0.15) is 0 Å². The molecule has 1 aromatic carbocycles. The number of carbonyl (C=O) groups is 1. The van der Waals surface area contributed by atoms with Crippen molar-refractivity contribution in [3.63, 3.8) is 0 Å². The lowest BCUT2D eigenvalue weighted by Crippen LogP contribution is -2.52. The fourth-order valence-corrected chi connectivity index (χ4v) is 6.47. The summed E-state index contributed by atoms with van der Waals surface area (Å²) >= 11 is 0. The summed E-state index contributed by atoms with van der Waals surface area (Å²) < 4.78 is 18.2. The van der Waals surface area contributed by atoms with Gasteiger partial charge in [-0.1, -0.05) is 62.2 Å². The molecule has 0 spiro atoms. The lowest BCUT2D eigenvalue weighted by molar-refractivity contribution is -0.285. The zero-order valence-corrected chi connectivity index (χ0v) is 19.8. The molecule has 0 aromatic heterocycles. The minimum Gasteiger partial charge on any atom is -0.461 e. The number of nitrogens with one attached hydrogen (secondary N) is 1. The number of hydrogen-bond donors (Lipinski definition) is 1. The maximum Gasteiger partial charge on any atom is 0.311 e. The van der Waals surface area contributed by atoms with Crippen LogP contribution in [0.25, 0.3) is 0 Å². The van der Waals surface area contributed by atoms with Gasteiger partial charge in [-0.05, 0) is 50.0 Å². The zero-order chi connectivity index (χ0) is 22.5. The highest BCUT2D eigenvalue weighted by Crippen LogP contribution is 2.53. The Kier molecular flexibility index (Phi) is 5.71. The molecule has 0 radical (unpaired) electrons. The number of hydrogen-bond acceptors (Lipinski definition) is 5. The molecular weight excluding hydrogens is 402 g/mol. The molecule has 3 fully saturated rings. The van der Waals surface area contributed by atoms with E-state index < -0.39 is 5.79 Å². The molecule has 0 bridgehead atoms. The van der Waals surface area contributed by atoms with Crippen LogP contribution in [0.15, 0.2) is 42.0 Å². The summed E-state index contributed by atoms with van der Waals surface area (Å²) in [5, 5.41) is 3.63. The van der Waals surface area contributed by atoms with Crippen LogP contribution in [-0.2, 0) is 19.0 Å². The third-order valence-electron chi connectivity index (χ3n) is 8.20. The van der Waals surface area contributed by atoms with Crippen molar-refractivity contribution in [3.8, 4) is 0 Å². The first kappa shape index (κ1) is 22.1. The summed E-state index contributed by atoms with van der Waals surface area (Å²) in [4.78, 5) is 12.9. The average molecular weight is 440 g/mol. The molecule has 2 aliphatic heterocycles. The fourth-order valence-electron chi connectivity index (χ4n) is 6.47. The van der Waals surface area contributed by atoms with E-state index in [0.717, 1.165) is 12.0 Å². The summed E-state index contributed by atoms with van der Waals surface area (Å²) in [6.07, 6.45) is 6.99. The lowest BCUT2D eigenvalue weighted by Gasteiger charge is -2.46. The van der Waals surface area contributed by atoms with Crippen molar-refractivity contribution >= 4 is 5.97 Å². The molecule has 5 nitrogen and oxygen atoms in total. The molecular formula is C27H37NO4. The molecule has 174 valence electrons. The number of ether oxygens (including phenoxy) is 3. The Balaban J connectivity index is 1.33. The Morgan fingerprint density at radius 1 is 1.16 bits per heavy atom. The third-order valence-corrected chi connectivity index (χ3v) is 8.20. The van der Waals surface area contributed by atoms with E-state index in [1.54, 1.807) is 5.57 Å². The SMILES string of the molecule is C[C@H]1CCC[C@]2(C)C[C@H]3OC(=O)[C@H](CN[C@H]4COC(C)(C)O[C@H]4c4ccccc4)[C@H]3C=C12. The molecule has 0 unspecified atom stereocenters. The average Bonchev–Trinajstić information content (AvgIpc) is 3.05. The van der Waals surface area contributed by atoms with E-state index in [0.29, 0.717) is 19.1 Å². The van der Waals surface area contributed by atoms with E-state index in [-0.39, 0.29) is 41.5 Å². The zero-order valence-electron chi connectivity index (χ0n) is 19.8. The van der Waals surface area contributed by atoms with E-state index in [2.05, 4.69) is 37.4 Å². The predicted molar refractivity (Wildman–Crippen MR) is 123 cm³/mol. The smallest absolute Gasteiger partial charge is 0.311 e. The lowest BCUT2D eigenvalue weighted by atomic mass is 9.59. The van der Waals surface area contributed by atoms with Crippen molar-refractivity contribution in [2.45, 2.75) is 77.4 Å². The standard InChI is InChI=1S/C27H37NO4/c1-17-9-8-12-27(4)14-23-19(13-21(17)27)20(25(29)31-23)15-28-22-16-30-26(2,3)32-24(22)18-10-6-5-7-11-18/h5-7,10-11,13,17,19-20,22-24,28H,8-9,12,14-16H2,1-4H3/t17-,19+,20+,22-,23+,24-,27+/m0/s1. The van der Waals surface area contributed by atoms with E-state index in [9.17, 15) is 4.79 Å². The van der Waals surface area contributed by atoms with Crippen molar-refractivity contribution < 1.29 is 19.0 Å².